The zero-order valence-corrected chi connectivity index (χ0v) is 12.1. The molecule has 0 unspecified atom stereocenters. The molecule has 100 valence electrons. The maximum atomic E-state index is 3.66. The van der Waals surface area contributed by atoms with E-state index in [1.807, 2.05) is 0 Å². The molecule has 0 heterocycles. The molecule has 0 aliphatic heterocycles. The average Bonchev–Trinajstić information content (AvgIpc) is 2.48. The molecular formula is C18H23N. The number of rotatable bonds is 5. The van der Waals surface area contributed by atoms with Gasteiger partial charge in [0.25, 0.3) is 0 Å². The largest absolute Gasteiger partial charge is 0.304 e. The molecule has 0 aromatic heterocycles. The van der Waals surface area contributed by atoms with Crippen LogP contribution in [0, 0.1) is 0 Å². The van der Waals surface area contributed by atoms with Crippen LogP contribution in [-0.4, -0.2) is 0 Å². The highest BCUT2D eigenvalue weighted by atomic mass is 14.9. The van der Waals surface area contributed by atoms with Crippen molar-refractivity contribution in [3.8, 4) is 0 Å². The summed E-state index contributed by atoms with van der Waals surface area (Å²) in [5.74, 6) is 0. The highest BCUT2D eigenvalue weighted by molar-refractivity contribution is 5.26. The Morgan fingerprint density at radius 3 is 2.16 bits per heavy atom. The molecule has 1 nitrogen and oxygen atoms in total. The summed E-state index contributed by atoms with van der Waals surface area (Å²) in [5.41, 5.74) is 4.10. The summed E-state index contributed by atoms with van der Waals surface area (Å²) < 4.78 is 0. The molecule has 0 bridgehead atoms. The molecule has 0 fully saturated rings. The van der Waals surface area contributed by atoms with Crippen molar-refractivity contribution >= 4 is 0 Å². The lowest BCUT2D eigenvalue weighted by Crippen LogP contribution is -2.22. The Labute approximate surface area is 116 Å². The van der Waals surface area contributed by atoms with E-state index in [2.05, 4.69) is 80.7 Å². The third kappa shape index (κ3) is 3.68. The van der Waals surface area contributed by atoms with E-state index in [-0.39, 0.29) is 0 Å². The smallest absolute Gasteiger partial charge is 0.0297 e. The second-order valence-corrected chi connectivity index (χ2v) is 5.12. The van der Waals surface area contributed by atoms with Crippen LogP contribution in [0.25, 0.3) is 0 Å². The fraction of sp³-hybridized carbons (Fsp3) is 0.333. The maximum Gasteiger partial charge on any atom is 0.0297 e. The van der Waals surface area contributed by atoms with Crippen LogP contribution in [-0.2, 0) is 6.42 Å². The van der Waals surface area contributed by atoms with Crippen LogP contribution in [0.1, 0.15) is 49.5 Å². The minimum Gasteiger partial charge on any atom is -0.304 e. The van der Waals surface area contributed by atoms with Gasteiger partial charge in [-0.1, -0.05) is 61.5 Å². The molecule has 0 spiro atoms. The van der Waals surface area contributed by atoms with Gasteiger partial charge in [0.05, 0.1) is 0 Å². The Balaban J connectivity index is 2.06. The highest BCUT2D eigenvalue weighted by Crippen LogP contribution is 2.20. The van der Waals surface area contributed by atoms with Crippen LogP contribution >= 0.6 is 0 Å². The Morgan fingerprint density at radius 2 is 1.47 bits per heavy atom. The molecule has 2 aromatic carbocycles. The first-order valence-electron chi connectivity index (χ1n) is 7.10. The zero-order chi connectivity index (χ0) is 13.7. The molecule has 0 aliphatic carbocycles. The van der Waals surface area contributed by atoms with Gasteiger partial charge >= 0.3 is 0 Å². The zero-order valence-electron chi connectivity index (χ0n) is 12.1. The predicted molar refractivity (Wildman–Crippen MR) is 82.2 cm³/mol. The van der Waals surface area contributed by atoms with E-state index in [9.17, 15) is 0 Å². The van der Waals surface area contributed by atoms with Crippen LogP contribution in [0.5, 0.6) is 0 Å². The molecule has 1 heteroatoms. The fourth-order valence-electron chi connectivity index (χ4n) is 2.39. The normalized spacial score (nSPS) is 14.1. The van der Waals surface area contributed by atoms with Crippen molar-refractivity contribution in [3.05, 3.63) is 71.3 Å². The molecule has 2 rings (SSSR count). The van der Waals surface area contributed by atoms with Gasteiger partial charge in [-0.15, -0.1) is 0 Å². The second-order valence-electron chi connectivity index (χ2n) is 5.12. The topological polar surface area (TPSA) is 12.0 Å². The van der Waals surface area contributed by atoms with Crippen LogP contribution in [0.2, 0.25) is 0 Å². The molecule has 0 aliphatic rings. The SMILES string of the molecule is CCc1cccc([C@H](C)N[C@@H](C)c2ccccc2)c1. The monoisotopic (exact) mass is 253 g/mol. The van der Waals surface area contributed by atoms with Crippen LogP contribution < -0.4 is 5.32 Å². The molecule has 0 amide bonds. The quantitative estimate of drug-likeness (QED) is 0.817. The fourth-order valence-corrected chi connectivity index (χ4v) is 2.39. The summed E-state index contributed by atoms with van der Waals surface area (Å²) in [6, 6.07) is 20.2. The van der Waals surface area contributed by atoms with E-state index in [1.165, 1.54) is 16.7 Å². The lowest BCUT2D eigenvalue weighted by Gasteiger charge is -2.21. The molecule has 0 radical (unpaired) electrons. The Bertz CT molecular complexity index is 504. The summed E-state index contributed by atoms with van der Waals surface area (Å²) >= 11 is 0. The number of aryl methyl sites for hydroxylation is 1. The standard InChI is InChI=1S/C18H23N/c1-4-16-9-8-12-18(13-16)15(3)19-14(2)17-10-6-5-7-11-17/h5-15,19H,4H2,1-3H3/t14-,15-/m0/s1. The molecule has 0 saturated carbocycles. The van der Waals surface area contributed by atoms with Gasteiger partial charge in [-0.2, -0.15) is 0 Å². The maximum absolute atomic E-state index is 3.66. The summed E-state index contributed by atoms with van der Waals surface area (Å²) in [4.78, 5) is 0. The molecule has 2 atom stereocenters. The molecule has 0 saturated heterocycles. The van der Waals surface area contributed by atoms with Crippen molar-refractivity contribution < 1.29 is 0 Å². The lowest BCUT2D eigenvalue weighted by atomic mass is 10.0. The van der Waals surface area contributed by atoms with Crippen molar-refractivity contribution in [1.29, 1.82) is 0 Å². The van der Waals surface area contributed by atoms with Gasteiger partial charge < -0.3 is 5.32 Å². The summed E-state index contributed by atoms with van der Waals surface area (Å²) in [6.45, 7) is 6.65. The minimum absolute atomic E-state index is 0.362. The third-order valence-electron chi connectivity index (χ3n) is 3.66. The highest BCUT2D eigenvalue weighted by Gasteiger charge is 2.10. The number of hydrogen-bond acceptors (Lipinski definition) is 1. The molecule has 2 aromatic rings. The van der Waals surface area contributed by atoms with Crippen molar-refractivity contribution in [1.82, 2.24) is 5.32 Å². The molecule has 1 N–H and O–H groups in total. The van der Waals surface area contributed by atoms with Gasteiger partial charge in [-0.25, -0.2) is 0 Å². The minimum atomic E-state index is 0.362. The number of benzene rings is 2. The summed E-state index contributed by atoms with van der Waals surface area (Å²) in [6.07, 6.45) is 1.09. The average molecular weight is 253 g/mol. The second kappa shape index (κ2) is 6.53. The van der Waals surface area contributed by atoms with E-state index < -0.39 is 0 Å². The van der Waals surface area contributed by atoms with Gasteiger partial charge in [0.15, 0.2) is 0 Å². The van der Waals surface area contributed by atoms with Gasteiger partial charge in [0.1, 0.15) is 0 Å². The van der Waals surface area contributed by atoms with E-state index in [0.29, 0.717) is 12.1 Å². The predicted octanol–water partition coefficient (Wildman–Crippen LogP) is 4.66. The Kier molecular flexibility index (Phi) is 4.75. The summed E-state index contributed by atoms with van der Waals surface area (Å²) in [7, 11) is 0. The van der Waals surface area contributed by atoms with Gasteiger partial charge in [-0.05, 0) is 37.0 Å². The van der Waals surface area contributed by atoms with E-state index in [1.54, 1.807) is 0 Å². The first kappa shape index (κ1) is 13.8. The Hall–Kier alpha value is -1.60. The van der Waals surface area contributed by atoms with Crippen molar-refractivity contribution in [3.63, 3.8) is 0 Å². The molecular weight excluding hydrogens is 230 g/mol. The molecule has 19 heavy (non-hydrogen) atoms. The number of nitrogens with one attached hydrogen (secondary N) is 1. The van der Waals surface area contributed by atoms with E-state index in [0.717, 1.165) is 6.42 Å². The van der Waals surface area contributed by atoms with Crippen molar-refractivity contribution in [2.75, 3.05) is 0 Å². The van der Waals surface area contributed by atoms with E-state index >= 15 is 0 Å². The van der Waals surface area contributed by atoms with Crippen LogP contribution in [0.15, 0.2) is 54.6 Å². The van der Waals surface area contributed by atoms with Gasteiger partial charge in [0, 0.05) is 12.1 Å². The first-order valence-corrected chi connectivity index (χ1v) is 7.10. The van der Waals surface area contributed by atoms with Crippen LogP contribution in [0.4, 0.5) is 0 Å². The Morgan fingerprint density at radius 1 is 0.842 bits per heavy atom. The van der Waals surface area contributed by atoms with Gasteiger partial charge in [-0.3, -0.25) is 0 Å². The van der Waals surface area contributed by atoms with Crippen molar-refractivity contribution in [2.24, 2.45) is 0 Å². The van der Waals surface area contributed by atoms with Gasteiger partial charge in [0.2, 0.25) is 0 Å². The van der Waals surface area contributed by atoms with Crippen molar-refractivity contribution in [2.45, 2.75) is 39.3 Å². The summed E-state index contributed by atoms with van der Waals surface area (Å²) in [5, 5.41) is 3.66. The lowest BCUT2D eigenvalue weighted by molar-refractivity contribution is 0.494. The first-order chi connectivity index (χ1) is 9.20. The number of hydrogen-bond donors (Lipinski definition) is 1. The third-order valence-corrected chi connectivity index (χ3v) is 3.66. The van der Waals surface area contributed by atoms with E-state index in [4.69, 9.17) is 0 Å². The van der Waals surface area contributed by atoms with Crippen LogP contribution in [0.3, 0.4) is 0 Å².